The maximum atomic E-state index is 12.5. The second-order valence-electron chi connectivity index (χ2n) is 6.09. The largest absolute Gasteiger partial charge is 0.324 e. The number of nitro groups is 1. The van der Waals surface area contributed by atoms with Gasteiger partial charge in [0.25, 0.3) is 5.69 Å². The number of nitrogens with zero attached hydrogens (tertiary/aromatic N) is 3. The van der Waals surface area contributed by atoms with Crippen LogP contribution < -0.4 is 5.32 Å². The number of carbonyl (C=O) groups is 1. The molecular weight excluding hydrogens is 452 g/mol. The average Bonchev–Trinajstić information content (AvgIpc) is 2.70. The molecule has 0 bridgehead atoms. The molecule has 0 aliphatic carbocycles. The number of hydrogen-bond acceptors (Lipinski definition) is 7. The van der Waals surface area contributed by atoms with E-state index < -0.39 is 26.1 Å². The summed E-state index contributed by atoms with van der Waals surface area (Å²) in [6.07, 6.45) is 1.26. The summed E-state index contributed by atoms with van der Waals surface area (Å²) in [4.78, 5) is 27.0. The zero-order valence-electron chi connectivity index (χ0n) is 16.5. The van der Waals surface area contributed by atoms with E-state index in [0.717, 1.165) is 11.8 Å². The van der Waals surface area contributed by atoms with Gasteiger partial charge in [-0.1, -0.05) is 37.2 Å². The van der Waals surface area contributed by atoms with Gasteiger partial charge in [0.05, 0.1) is 25.9 Å². The molecule has 1 aromatic carbocycles. The number of rotatable bonds is 9. The van der Waals surface area contributed by atoms with Gasteiger partial charge in [-0.25, -0.2) is 13.4 Å². The fourth-order valence-electron chi connectivity index (χ4n) is 2.49. The van der Waals surface area contributed by atoms with Crippen molar-refractivity contribution >= 4 is 50.7 Å². The molecule has 12 heteroatoms. The van der Waals surface area contributed by atoms with E-state index in [9.17, 15) is 23.3 Å². The lowest BCUT2D eigenvalue weighted by molar-refractivity contribution is -0.384. The minimum Gasteiger partial charge on any atom is -0.324 e. The molecule has 1 aromatic heterocycles. The predicted molar refractivity (Wildman–Crippen MR) is 116 cm³/mol. The second kappa shape index (κ2) is 10.2. The number of amides is 1. The Labute approximate surface area is 184 Å². The summed E-state index contributed by atoms with van der Waals surface area (Å²) in [5.41, 5.74) is -0.0568. The molecule has 2 aromatic rings. The van der Waals surface area contributed by atoms with Crippen LogP contribution in [0.1, 0.15) is 20.8 Å². The summed E-state index contributed by atoms with van der Waals surface area (Å²) in [5.74, 6) is -0.427. The lowest BCUT2D eigenvalue weighted by atomic mass is 10.2. The van der Waals surface area contributed by atoms with Crippen molar-refractivity contribution in [2.24, 2.45) is 0 Å². The highest BCUT2D eigenvalue weighted by atomic mass is 35.5. The molecule has 0 fully saturated rings. The Morgan fingerprint density at radius 2 is 1.97 bits per heavy atom. The van der Waals surface area contributed by atoms with Gasteiger partial charge in [0.15, 0.2) is 0 Å². The molecule has 0 aliphatic rings. The molecule has 1 N–H and O–H groups in total. The maximum absolute atomic E-state index is 12.5. The van der Waals surface area contributed by atoms with Gasteiger partial charge in [0.1, 0.15) is 4.90 Å². The zero-order chi connectivity index (χ0) is 22.5. The zero-order valence-corrected chi connectivity index (χ0v) is 18.9. The Morgan fingerprint density at radius 3 is 2.50 bits per heavy atom. The van der Waals surface area contributed by atoms with Crippen LogP contribution in [0.25, 0.3) is 0 Å². The van der Waals surface area contributed by atoms with Gasteiger partial charge in [-0.15, -0.1) is 0 Å². The van der Waals surface area contributed by atoms with Gasteiger partial charge in [-0.2, -0.15) is 4.31 Å². The van der Waals surface area contributed by atoms with Crippen LogP contribution in [0.2, 0.25) is 5.02 Å². The number of benzene rings is 1. The van der Waals surface area contributed by atoms with Crippen LogP contribution in [0.5, 0.6) is 0 Å². The number of carbonyl (C=O) groups excluding carboxylic acids is 1. The number of nitrogens with one attached hydrogen (secondary N) is 1. The van der Waals surface area contributed by atoms with Gasteiger partial charge in [-0.05, 0) is 25.1 Å². The van der Waals surface area contributed by atoms with Crippen molar-refractivity contribution < 1.29 is 18.1 Å². The Morgan fingerprint density at radius 1 is 1.30 bits per heavy atom. The number of non-ortho nitro benzene ring substituents is 1. The molecule has 0 saturated carbocycles. The third-order valence-electron chi connectivity index (χ3n) is 4.14. The van der Waals surface area contributed by atoms with E-state index in [-0.39, 0.29) is 21.3 Å². The lowest BCUT2D eigenvalue weighted by Gasteiger charge is -2.18. The van der Waals surface area contributed by atoms with E-state index >= 15 is 0 Å². The fraction of sp³-hybridized carbons (Fsp3) is 0.333. The van der Waals surface area contributed by atoms with E-state index in [4.69, 9.17) is 11.6 Å². The number of aromatic nitrogens is 1. The highest BCUT2D eigenvalue weighted by molar-refractivity contribution is 8.00. The van der Waals surface area contributed by atoms with Crippen LogP contribution in [0.15, 0.2) is 46.5 Å². The number of nitro benzene ring substituents is 1. The number of pyridine rings is 1. The molecule has 2 rings (SSSR count). The molecular formula is C18H21ClN4O5S2. The standard InChI is InChI=1S/C18H21ClN4O5S2/c1-4-22(5-2)30(27,28)14-7-9-17(20-11-14)29-12(3)18(24)21-16-10-13(23(25)26)6-8-15(16)19/h6-12H,4-5H2,1-3H3,(H,21,24). The first-order chi connectivity index (χ1) is 14.1. The molecule has 1 atom stereocenters. The highest BCUT2D eigenvalue weighted by Crippen LogP contribution is 2.29. The summed E-state index contributed by atoms with van der Waals surface area (Å²) < 4.78 is 26.3. The monoisotopic (exact) mass is 472 g/mol. The summed E-state index contributed by atoms with van der Waals surface area (Å²) in [6, 6.07) is 6.75. The number of anilines is 1. The van der Waals surface area contributed by atoms with Gasteiger partial charge in [0, 0.05) is 31.4 Å². The Balaban J connectivity index is 2.09. The number of thioether (sulfide) groups is 1. The summed E-state index contributed by atoms with van der Waals surface area (Å²) in [5, 5.41) is 13.5. The van der Waals surface area contributed by atoms with Crippen LogP contribution >= 0.6 is 23.4 Å². The molecule has 0 saturated heterocycles. The first kappa shape index (κ1) is 24.1. The third-order valence-corrected chi connectivity index (χ3v) is 7.55. The van der Waals surface area contributed by atoms with E-state index in [0.29, 0.717) is 18.1 Å². The van der Waals surface area contributed by atoms with Crippen molar-refractivity contribution in [3.63, 3.8) is 0 Å². The van der Waals surface area contributed by atoms with Crippen molar-refractivity contribution in [2.45, 2.75) is 35.9 Å². The molecule has 0 aliphatic heterocycles. The third kappa shape index (κ3) is 5.69. The van der Waals surface area contributed by atoms with Crippen molar-refractivity contribution in [2.75, 3.05) is 18.4 Å². The molecule has 0 spiro atoms. The van der Waals surface area contributed by atoms with Crippen LogP contribution in [0.3, 0.4) is 0 Å². The van der Waals surface area contributed by atoms with Crippen molar-refractivity contribution in [3.8, 4) is 0 Å². The number of halogens is 1. The topological polar surface area (TPSA) is 123 Å². The summed E-state index contributed by atoms with van der Waals surface area (Å²) >= 11 is 7.12. The van der Waals surface area contributed by atoms with Gasteiger partial charge < -0.3 is 5.32 Å². The van der Waals surface area contributed by atoms with Gasteiger partial charge >= 0.3 is 0 Å². The molecule has 30 heavy (non-hydrogen) atoms. The van der Waals surface area contributed by atoms with E-state index in [1.54, 1.807) is 20.8 Å². The van der Waals surface area contributed by atoms with Crippen molar-refractivity contribution in [3.05, 3.63) is 51.7 Å². The van der Waals surface area contributed by atoms with Gasteiger partial charge in [0.2, 0.25) is 15.9 Å². The second-order valence-corrected chi connectivity index (χ2v) is 9.80. The molecule has 1 amide bonds. The smallest absolute Gasteiger partial charge is 0.271 e. The Kier molecular flexibility index (Phi) is 8.18. The van der Waals surface area contributed by atoms with Crippen molar-refractivity contribution in [1.29, 1.82) is 0 Å². The quantitative estimate of drug-likeness (QED) is 0.334. The number of hydrogen-bond donors (Lipinski definition) is 1. The SMILES string of the molecule is CCN(CC)S(=O)(=O)c1ccc(SC(C)C(=O)Nc2cc([N+](=O)[O-])ccc2Cl)nc1. The normalized spacial score (nSPS) is 12.6. The first-order valence-electron chi connectivity index (χ1n) is 8.97. The molecule has 9 nitrogen and oxygen atoms in total. The summed E-state index contributed by atoms with van der Waals surface area (Å²) in [7, 11) is -3.61. The van der Waals surface area contributed by atoms with Crippen LogP contribution in [0.4, 0.5) is 11.4 Å². The van der Waals surface area contributed by atoms with Crippen LogP contribution in [0, 0.1) is 10.1 Å². The lowest BCUT2D eigenvalue weighted by Crippen LogP contribution is -2.30. The molecule has 162 valence electrons. The molecule has 1 unspecified atom stereocenters. The Hall–Kier alpha value is -2.21. The predicted octanol–water partition coefficient (Wildman–Crippen LogP) is 3.79. The number of sulfonamides is 1. The van der Waals surface area contributed by atoms with Crippen molar-refractivity contribution in [1.82, 2.24) is 9.29 Å². The molecule has 1 heterocycles. The van der Waals surface area contributed by atoms with E-state index in [1.807, 2.05) is 0 Å². The molecule has 0 radical (unpaired) electrons. The van der Waals surface area contributed by atoms with E-state index in [1.165, 1.54) is 40.8 Å². The van der Waals surface area contributed by atoms with E-state index in [2.05, 4.69) is 10.3 Å². The minimum atomic E-state index is -3.61. The Bertz CT molecular complexity index is 1030. The van der Waals surface area contributed by atoms with Crippen LogP contribution in [-0.4, -0.2) is 46.9 Å². The van der Waals surface area contributed by atoms with Gasteiger partial charge in [-0.3, -0.25) is 14.9 Å². The summed E-state index contributed by atoms with van der Waals surface area (Å²) in [6.45, 7) is 5.85. The first-order valence-corrected chi connectivity index (χ1v) is 11.7. The average molecular weight is 473 g/mol. The maximum Gasteiger partial charge on any atom is 0.271 e. The highest BCUT2D eigenvalue weighted by Gasteiger charge is 2.23. The minimum absolute atomic E-state index is 0.0797. The van der Waals surface area contributed by atoms with Crippen LogP contribution in [-0.2, 0) is 14.8 Å². The fourth-order valence-corrected chi connectivity index (χ4v) is 4.85.